The Balaban J connectivity index is 2.78. The minimum atomic E-state index is -1.11. The van der Waals surface area contributed by atoms with Gasteiger partial charge in [-0.25, -0.2) is 9.59 Å². The molecule has 0 saturated carbocycles. The first-order valence-electron chi connectivity index (χ1n) is 5.98. The molecule has 1 heterocycles. The first-order valence-corrected chi connectivity index (χ1v) is 7.14. The molecule has 0 aromatic heterocycles. The van der Waals surface area contributed by atoms with Gasteiger partial charge in [0.1, 0.15) is 11.6 Å². The molecule has 1 aliphatic rings. The van der Waals surface area contributed by atoms with Crippen molar-refractivity contribution in [2.75, 3.05) is 6.54 Å². The van der Waals surface area contributed by atoms with Crippen molar-refractivity contribution in [3.8, 4) is 0 Å². The maximum Gasteiger partial charge on any atom is 0.411 e. The number of hydrogen-bond donors (Lipinski definition) is 1. The van der Waals surface area contributed by atoms with Gasteiger partial charge < -0.3 is 9.84 Å². The van der Waals surface area contributed by atoms with Crippen molar-refractivity contribution >= 4 is 22.3 Å². The summed E-state index contributed by atoms with van der Waals surface area (Å²) < 4.78 is 18.5. The Kier molecular flexibility index (Phi) is 4.36. The molecule has 3 atom stereocenters. The molecule has 104 valence electrons. The number of rotatable bonds is 2. The zero-order valence-electron chi connectivity index (χ0n) is 11.1. The van der Waals surface area contributed by atoms with E-state index in [0.29, 0.717) is 10.2 Å². The zero-order chi connectivity index (χ0) is 14.1. The predicted molar refractivity (Wildman–Crippen MR) is 67.3 cm³/mol. The summed E-state index contributed by atoms with van der Waals surface area (Å²) in [5, 5.41) is 9.07. The Hall–Kier alpha value is -1.11. The lowest BCUT2D eigenvalue weighted by Gasteiger charge is -2.26. The molecule has 0 aromatic rings. The first kappa shape index (κ1) is 14.9. The van der Waals surface area contributed by atoms with Gasteiger partial charge in [0.15, 0.2) is 0 Å². The number of likely N-dealkylation sites (tertiary alicyclic amines) is 1. The van der Waals surface area contributed by atoms with E-state index >= 15 is 0 Å². The fraction of sp³-hybridized carbons (Fsp3) is 0.818. The molecule has 0 aromatic carbocycles. The lowest BCUT2D eigenvalue weighted by molar-refractivity contribution is -0.142. The zero-order valence-corrected chi connectivity index (χ0v) is 13.1. The molecule has 7 heteroatoms. The Labute approximate surface area is 109 Å². The number of carbonyl (C=O) groups excluding carboxylic acids is 1. The van der Waals surface area contributed by atoms with Crippen LogP contribution in [0.15, 0.2) is 0 Å². The number of carboxylic acid groups (broad SMARTS) is 1. The third-order valence-corrected chi connectivity index (χ3v) is 3.84. The predicted octanol–water partition coefficient (Wildman–Crippen LogP) is 0.358. The van der Waals surface area contributed by atoms with Crippen LogP contribution in [0.5, 0.6) is 0 Å². The quantitative estimate of drug-likeness (QED) is 0.740. The monoisotopic (exact) mass is 277 g/mol. The number of ether oxygens (including phenoxy) is 1. The highest BCUT2D eigenvalue weighted by Gasteiger charge is 2.43. The molecule has 1 amide bonds. The molecule has 0 spiro atoms. The van der Waals surface area contributed by atoms with E-state index in [1.165, 1.54) is 0 Å². The van der Waals surface area contributed by atoms with Crippen LogP contribution in [0.4, 0.5) is 9.18 Å². The molecule has 1 aliphatic heterocycles. The van der Waals surface area contributed by atoms with Crippen molar-refractivity contribution in [1.82, 2.24) is 4.90 Å². The van der Waals surface area contributed by atoms with Gasteiger partial charge in [-0.05, 0) is 27.2 Å². The number of aliphatic carboxylic acids is 1. The van der Waals surface area contributed by atoms with Crippen LogP contribution in [0.2, 0.25) is 0 Å². The molecule has 1 fully saturated rings. The number of hydrogen-bond acceptors (Lipinski definition) is 3. The molecule has 0 radical (unpaired) electrons. The number of halogens is 1. The molecular formula is C11H20FNO4Si. The molecule has 1 N–H and O–H groups in total. The van der Waals surface area contributed by atoms with Gasteiger partial charge in [0.25, 0.3) is 0 Å². The van der Waals surface area contributed by atoms with Crippen molar-refractivity contribution in [1.29, 1.82) is 0 Å². The van der Waals surface area contributed by atoms with Gasteiger partial charge in [0.05, 0.1) is 5.79 Å². The van der Waals surface area contributed by atoms with Crippen LogP contribution >= 0.6 is 0 Å². The van der Waals surface area contributed by atoms with Crippen LogP contribution < -0.4 is 0 Å². The van der Waals surface area contributed by atoms with Gasteiger partial charge in [0.2, 0.25) is 0 Å². The van der Waals surface area contributed by atoms with Gasteiger partial charge in [-0.15, -0.1) is 0 Å². The van der Waals surface area contributed by atoms with Gasteiger partial charge in [-0.2, -0.15) is 0 Å². The van der Waals surface area contributed by atoms with E-state index in [4.69, 9.17) is 9.84 Å². The van der Waals surface area contributed by atoms with Crippen molar-refractivity contribution in [3.63, 3.8) is 0 Å². The highest BCUT2D eigenvalue weighted by Crippen LogP contribution is 2.28. The highest BCUT2D eigenvalue weighted by atomic mass is 28.1. The molecule has 3 unspecified atom stereocenters. The largest absolute Gasteiger partial charge is 0.480 e. The summed E-state index contributed by atoms with van der Waals surface area (Å²) >= 11 is 0. The van der Waals surface area contributed by atoms with Crippen molar-refractivity contribution in [2.45, 2.75) is 44.6 Å². The van der Waals surface area contributed by atoms with Crippen molar-refractivity contribution in [2.24, 2.45) is 5.92 Å². The van der Waals surface area contributed by atoms with Crippen molar-refractivity contribution in [3.05, 3.63) is 0 Å². The molecule has 1 saturated heterocycles. The summed E-state index contributed by atoms with van der Waals surface area (Å²) in [6, 6.07) is -0.975. The Morgan fingerprint density at radius 3 is 2.44 bits per heavy atom. The standard InChI is InChI=1S/C11H20FNO4Si/c1-11(2,3)17-10(16)13-5-6(8(12)18)4-7(13)9(14)15/h6-8H,4-5H2,1-3,18H3,(H,14,15). The Morgan fingerprint density at radius 2 is 2.06 bits per heavy atom. The average Bonchev–Trinajstić information content (AvgIpc) is 2.58. The first-order chi connectivity index (χ1) is 8.11. The molecular weight excluding hydrogens is 257 g/mol. The lowest BCUT2D eigenvalue weighted by atomic mass is 10.1. The van der Waals surface area contributed by atoms with Crippen LogP contribution in [0.1, 0.15) is 27.2 Å². The third kappa shape index (κ3) is 3.69. The fourth-order valence-corrected chi connectivity index (χ4v) is 2.44. The SMILES string of the molecule is CC(C)(C)OC(=O)N1CC(C(F)[SiH3])CC1C(=O)O. The van der Waals surface area contributed by atoms with Gasteiger partial charge >= 0.3 is 12.1 Å². The molecule has 0 bridgehead atoms. The van der Waals surface area contributed by atoms with E-state index in [0.717, 1.165) is 4.90 Å². The Morgan fingerprint density at radius 1 is 1.50 bits per heavy atom. The summed E-state index contributed by atoms with van der Waals surface area (Å²) in [7, 11) is 0.340. The summed E-state index contributed by atoms with van der Waals surface area (Å²) in [5.41, 5.74) is -0.686. The van der Waals surface area contributed by atoms with Crippen LogP contribution in [-0.4, -0.2) is 56.3 Å². The molecule has 0 aliphatic carbocycles. The van der Waals surface area contributed by atoms with Crippen LogP contribution in [0, 0.1) is 5.92 Å². The summed E-state index contributed by atoms with van der Waals surface area (Å²) in [5.74, 6) is -2.49. The van der Waals surface area contributed by atoms with E-state index in [2.05, 4.69) is 0 Å². The molecule has 5 nitrogen and oxygen atoms in total. The maximum atomic E-state index is 13.3. The highest BCUT2D eigenvalue weighted by molar-refractivity contribution is 6.11. The van der Waals surface area contributed by atoms with Gasteiger partial charge in [-0.1, -0.05) is 0 Å². The minimum absolute atomic E-state index is 0.122. The van der Waals surface area contributed by atoms with Crippen LogP contribution in [-0.2, 0) is 9.53 Å². The van der Waals surface area contributed by atoms with Crippen LogP contribution in [0.25, 0.3) is 0 Å². The number of carbonyl (C=O) groups is 2. The van der Waals surface area contributed by atoms with E-state index in [1.54, 1.807) is 20.8 Å². The second kappa shape index (κ2) is 5.25. The van der Waals surface area contributed by atoms with E-state index < -0.39 is 29.5 Å². The molecule has 18 heavy (non-hydrogen) atoms. The smallest absolute Gasteiger partial charge is 0.411 e. The number of alkyl halides is 1. The maximum absolute atomic E-state index is 13.3. The Bertz CT molecular complexity index is 342. The minimum Gasteiger partial charge on any atom is -0.480 e. The van der Waals surface area contributed by atoms with E-state index in [9.17, 15) is 14.0 Å². The second-order valence-electron chi connectivity index (χ2n) is 5.66. The van der Waals surface area contributed by atoms with E-state index in [-0.39, 0.29) is 18.9 Å². The number of nitrogens with zero attached hydrogens (tertiary/aromatic N) is 1. The number of carboxylic acids is 1. The average molecular weight is 277 g/mol. The summed E-state index contributed by atoms with van der Waals surface area (Å²) in [6.45, 7) is 5.24. The van der Waals surface area contributed by atoms with Gasteiger partial charge in [0, 0.05) is 22.7 Å². The van der Waals surface area contributed by atoms with Crippen LogP contribution in [0.3, 0.4) is 0 Å². The number of amides is 1. The fourth-order valence-electron chi connectivity index (χ4n) is 1.96. The third-order valence-electron chi connectivity index (χ3n) is 2.90. The molecule has 1 rings (SSSR count). The summed E-state index contributed by atoms with van der Waals surface area (Å²) in [6.07, 6.45) is -0.515. The summed E-state index contributed by atoms with van der Waals surface area (Å²) in [4.78, 5) is 24.1. The normalized spacial score (nSPS) is 26.1. The second-order valence-corrected chi connectivity index (χ2v) is 6.76. The van der Waals surface area contributed by atoms with E-state index in [1.807, 2.05) is 0 Å². The lowest BCUT2D eigenvalue weighted by Crippen LogP contribution is -2.43. The van der Waals surface area contributed by atoms with Gasteiger partial charge in [-0.3, -0.25) is 9.29 Å². The topological polar surface area (TPSA) is 66.8 Å². The van der Waals surface area contributed by atoms with Crippen molar-refractivity contribution < 1.29 is 23.8 Å².